The first kappa shape index (κ1) is 11.9. The minimum absolute atomic E-state index is 0.0327. The fourth-order valence-corrected chi connectivity index (χ4v) is 2.22. The van der Waals surface area contributed by atoms with Crippen LogP contribution in [0, 0.1) is 17.2 Å². The Balaban J connectivity index is 2.17. The molecule has 0 amide bonds. The molecule has 0 radical (unpaired) electrons. The predicted molar refractivity (Wildman–Crippen MR) is 70.4 cm³/mol. The number of nitrogens with two attached hydrogens (primary N) is 1. The Bertz CT molecular complexity index is 416. The predicted octanol–water partition coefficient (Wildman–Crippen LogP) is 1.85. The molecular weight excluding hydrogens is 212 g/mol. The van der Waals surface area contributed by atoms with Crippen molar-refractivity contribution in [3.63, 3.8) is 0 Å². The van der Waals surface area contributed by atoms with E-state index in [-0.39, 0.29) is 5.84 Å². The van der Waals surface area contributed by atoms with Gasteiger partial charge in [-0.25, -0.2) is 4.98 Å². The Morgan fingerprint density at radius 1 is 1.41 bits per heavy atom. The number of pyridine rings is 1. The summed E-state index contributed by atoms with van der Waals surface area (Å²) in [4.78, 5) is 6.72. The second-order valence-electron chi connectivity index (χ2n) is 4.98. The number of piperidine rings is 1. The van der Waals surface area contributed by atoms with E-state index in [1.165, 1.54) is 6.42 Å². The van der Waals surface area contributed by atoms with Gasteiger partial charge in [0.25, 0.3) is 0 Å². The van der Waals surface area contributed by atoms with Crippen LogP contribution in [-0.4, -0.2) is 23.9 Å². The highest BCUT2D eigenvalue weighted by molar-refractivity contribution is 5.93. The zero-order valence-electron chi connectivity index (χ0n) is 10.5. The van der Waals surface area contributed by atoms with Crippen LogP contribution in [0.15, 0.2) is 18.2 Å². The molecule has 1 saturated heterocycles. The van der Waals surface area contributed by atoms with Crippen LogP contribution in [0.5, 0.6) is 0 Å². The maximum atomic E-state index is 7.41. The highest BCUT2D eigenvalue weighted by Crippen LogP contribution is 2.25. The highest BCUT2D eigenvalue weighted by Gasteiger charge is 2.23. The molecule has 2 rings (SSSR count). The van der Waals surface area contributed by atoms with E-state index in [0.29, 0.717) is 11.6 Å². The van der Waals surface area contributed by atoms with Crippen LogP contribution >= 0.6 is 0 Å². The van der Waals surface area contributed by atoms with Gasteiger partial charge < -0.3 is 10.6 Å². The lowest BCUT2D eigenvalue weighted by atomic mass is 9.89. The number of aromatic nitrogens is 1. The fourth-order valence-electron chi connectivity index (χ4n) is 2.22. The maximum Gasteiger partial charge on any atom is 0.141 e. The fraction of sp³-hybridized carbons (Fsp3) is 0.538. The molecule has 1 aliphatic heterocycles. The summed E-state index contributed by atoms with van der Waals surface area (Å²) in [5.74, 6) is 2.44. The van der Waals surface area contributed by atoms with Crippen LogP contribution in [0.25, 0.3) is 0 Å². The van der Waals surface area contributed by atoms with Gasteiger partial charge in [-0.05, 0) is 30.4 Å². The summed E-state index contributed by atoms with van der Waals surface area (Å²) in [5.41, 5.74) is 6.03. The van der Waals surface area contributed by atoms with Gasteiger partial charge in [-0.1, -0.05) is 19.9 Å². The third-order valence-electron chi connectivity index (χ3n) is 3.67. The molecule has 2 unspecified atom stereocenters. The Hall–Kier alpha value is -1.58. The van der Waals surface area contributed by atoms with Crippen LogP contribution in [0.3, 0.4) is 0 Å². The summed E-state index contributed by atoms with van der Waals surface area (Å²) in [7, 11) is 0. The lowest BCUT2D eigenvalue weighted by Crippen LogP contribution is -2.39. The summed E-state index contributed by atoms with van der Waals surface area (Å²) in [6.07, 6.45) is 1.20. The minimum Gasteiger partial charge on any atom is -0.382 e. The van der Waals surface area contributed by atoms with E-state index in [1.807, 2.05) is 12.1 Å². The molecule has 0 spiro atoms. The van der Waals surface area contributed by atoms with Crippen molar-refractivity contribution < 1.29 is 0 Å². The lowest BCUT2D eigenvalue weighted by Gasteiger charge is -2.36. The van der Waals surface area contributed by atoms with E-state index >= 15 is 0 Å². The molecule has 2 atom stereocenters. The van der Waals surface area contributed by atoms with Crippen molar-refractivity contribution in [2.75, 3.05) is 18.0 Å². The van der Waals surface area contributed by atoms with Gasteiger partial charge in [0.05, 0.1) is 0 Å². The van der Waals surface area contributed by atoms with Crippen molar-refractivity contribution in [3.8, 4) is 0 Å². The van der Waals surface area contributed by atoms with Crippen LogP contribution in [-0.2, 0) is 0 Å². The largest absolute Gasteiger partial charge is 0.382 e. The van der Waals surface area contributed by atoms with Gasteiger partial charge in [-0.3, -0.25) is 5.41 Å². The summed E-state index contributed by atoms with van der Waals surface area (Å²) in [6, 6.07) is 5.69. The molecule has 4 nitrogen and oxygen atoms in total. The van der Waals surface area contributed by atoms with E-state index in [9.17, 15) is 0 Å². The molecule has 3 N–H and O–H groups in total. The van der Waals surface area contributed by atoms with Crippen molar-refractivity contribution in [1.29, 1.82) is 5.41 Å². The number of rotatable bonds is 2. The van der Waals surface area contributed by atoms with E-state index in [1.54, 1.807) is 6.07 Å². The second-order valence-corrected chi connectivity index (χ2v) is 4.98. The van der Waals surface area contributed by atoms with Gasteiger partial charge in [0.2, 0.25) is 0 Å². The van der Waals surface area contributed by atoms with Crippen molar-refractivity contribution in [1.82, 2.24) is 4.98 Å². The number of hydrogen-bond acceptors (Lipinski definition) is 3. The second kappa shape index (κ2) is 4.73. The quantitative estimate of drug-likeness (QED) is 0.604. The summed E-state index contributed by atoms with van der Waals surface area (Å²) in [5, 5.41) is 7.41. The Labute approximate surface area is 102 Å². The van der Waals surface area contributed by atoms with Gasteiger partial charge in [0, 0.05) is 13.1 Å². The zero-order chi connectivity index (χ0) is 12.4. The molecule has 1 aliphatic rings. The molecule has 1 fully saturated rings. The third kappa shape index (κ3) is 2.57. The first-order valence-corrected chi connectivity index (χ1v) is 6.14. The van der Waals surface area contributed by atoms with E-state index in [4.69, 9.17) is 11.1 Å². The highest BCUT2D eigenvalue weighted by atomic mass is 15.2. The maximum absolute atomic E-state index is 7.41. The van der Waals surface area contributed by atoms with Crippen LogP contribution in [0.4, 0.5) is 5.82 Å². The van der Waals surface area contributed by atoms with Crippen molar-refractivity contribution in [2.24, 2.45) is 17.6 Å². The number of anilines is 1. The first-order valence-electron chi connectivity index (χ1n) is 6.14. The molecule has 0 bridgehead atoms. The van der Waals surface area contributed by atoms with Gasteiger partial charge in [0.1, 0.15) is 17.3 Å². The topological polar surface area (TPSA) is 66.0 Å². The number of nitrogens with one attached hydrogen (secondary N) is 1. The van der Waals surface area contributed by atoms with E-state index in [0.717, 1.165) is 24.8 Å². The normalized spacial score (nSPS) is 24.7. The average molecular weight is 232 g/mol. The van der Waals surface area contributed by atoms with E-state index < -0.39 is 0 Å². The van der Waals surface area contributed by atoms with Gasteiger partial charge in [-0.15, -0.1) is 0 Å². The van der Waals surface area contributed by atoms with Crippen LogP contribution in [0.2, 0.25) is 0 Å². The average Bonchev–Trinajstić information content (AvgIpc) is 2.33. The summed E-state index contributed by atoms with van der Waals surface area (Å²) in [6.45, 7) is 6.67. The molecule has 0 aliphatic carbocycles. The molecule has 17 heavy (non-hydrogen) atoms. The zero-order valence-corrected chi connectivity index (χ0v) is 10.5. The Kier molecular flexibility index (Phi) is 3.31. The van der Waals surface area contributed by atoms with Crippen molar-refractivity contribution >= 4 is 11.7 Å². The van der Waals surface area contributed by atoms with Crippen molar-refractivity contribution in [2.45, 2.75) is 20.3 Å². The first-order chi connectivity index (χ1) is 8.08. The van der Waals surface area contributed by atoms with E-state index in [2.05, 4.69) is 23.7 Å². The Morgan fingerprint density at radius 2 is 2.18 bits per heavy atom. The molecule has 4 heteroatoms. The number of nitrogen functional groups attached to an aromatic ring is 1. The summed E-state index contributed by atoms with van der Waals surface area (Å²) >= 11 is 0. The number of hydrogen-bond donors (Lipinski definition) is 2. The molecule has 1 aromatic heterocycles. The third-order valence-corrected chi connectivity index (χ3v) is 3.67. The van der Waals surface area contributed by atoms with Gasteiger partial charge >= 0.3 is 0 Å². The SMILES string of the molecule is CC1CCN(c2cccc(C(=N)N)n2)CC1C. The standard InChI is InChI=1S/C13H20N4/c1-9-6-7-17(8-10(9)2)12-5-3-4-11(16-12)13(14)15/h3-5,9-10H,6-8H2,1-2H3,(H3,14,15). The van der Waals surface area contributed by atoms with Gasteiger partial charge in [0.15, 0.2) is 0 Å². The molecule has 2 heterocycles. The lowest BCUT2D eigenvalue weighted by molar-refractivity contribution is 0.323. The smallest absolute Gasteiger partial charge is 0.141 e. The van der Waals surface area contributed by atoms with Crippen molar-refractivity contribution in [3.05, 3.63) is 23.9 Å². The molecule has 0 saturated carbocycles. The molecule has 1 aromatic rings. The summed E-state index contributed by atoms with van der Waals surface area (Å²) < 4.78 is 0. The van der Waals surface area contributed by atoms with Gasteiger partial charge in [-0.2, -0.15) is 0 Å². The Morgan fingerprint density at radius 3 is 2.82 bits per heavy atom. The number of amidine groups is 1. The minimum atomic E-state index is 0.0327. The van der Waals surface area contributed by atoms with Crippen LogP contribution < -0.4 is 10.6 Å². The monoisotopic (exact) mass is 232 g/mol. The molecule has 92 valence electrons. The molecular formula is C13H20N4. The van der Waals surface area contributed by atoms with Crippen LogP contribution in [0.1, 0.15) is 26.0 Å². The molecule has 0 aromatic carbocycles. The number of nitrogens with zero attached hydrogens (tertiary/aromatic N) is 2.